The van der Waals surface area contributed by atoms with Crippen molar-refractivity contribution in [1.82, 2.24) is 0 Å². The highest BCUT2D eigenvalue weighted by Gasteiger charge is 2.17. The second-order valence-corrected chi connectivity index (χ2v) is 4.56. The van der Waals surface area contributed by atoms with E-state index in [2.05, 4.69) is 0 Å². The van der Waals surface area contributed by atoms with Crippen molar-refractivity contribution in [2.24, 2.45) is 0 Å². The Hall–Kier alpha value is -1.98. The minimum atomic E-state index is -1.57. The van der Waals surface area contributed by atoms with E-state index in [9.17, 15) is 10.0 Å². The number of aryl methyl sites for hydroxylation is 1. The van der Waals surface area contributed by atoms with Gasteiger partial charge in [-0.05, 0) is 36.2 Å². The monoisotopic (exact) mass is 272 g/mol. The van der Waals surface area contributed by atoms with Crippen molar-refractivity contribution in [3.8, 4) is 11.5 Å². The largest absolute Gasteiger partial charge is 0.497 e. The van der Waals surface area contributed by atoms with Gasteiger partial charge in [0.25, 0.3) is 0 Å². The van der Waals surface area contributed by atoms with E-state index >= 15 is 0 Å². The van der Waals surface area contributed by atoms with Gasteiger partial charge >= 0.3 is 7.12 Å². The van der Waals surface area contributed by atoms with Gasteiger partial charge in [-0.25, -0.2) is 0 Å². The van der Waals surface area contributed by atoms with Crippen LogP contribution in [-0.2, 0) is 6.61 Å². The molecule has 0 heterocycles. The van der Waals surface area contributed by atoms with Gasteiger partial charge in [0.05, 0.1) is 7.11 Å². The molecule has 104 valence electrons. The Labute approximate surface area is 118 Å². The Morgan fingerprint density at radius 3 is 2.55 bits per heavy atom. The van der Waals surface area contributed by atoms with Crippen molar-refractivity contribution < 1.29 is 19.5 Å². The van der Waals surface area contributed by atoms with Crippen molar-refractivity contribution in [3.63, 3.8) is 0 Å². The zero-order valence-electron chi connectivity index (χ0n) is 11.5. The molecular formula is C15H17BO4. The van der Waals surface area contributed by atoms with Crippen LogP contribution in [0.2, 0.25) is 0 Å². The van der Waals surface area contributed by atoms with Crippen LogP contribution in [-0.4, -0.2) is 24.3 Å². The van der Waals surface area contributed by atoms with Crippen LogP contribution in [0.3, 0.4) is 0 Å². The molecule has 0 aliphatic carbocycles. The summed E-state index contributed by atoms with van der Waals surface area (Å²) in [5.41, 5.74) is 2.30. The van der Waals surface area contributed by atoms with Gasteiger partial charge in [0.2, 0.25) is 0 Å². The summed E-state index contributed by atoms with van der Waals surface area (Å²) in [6, 6.07) is 13.0. The third-order valence-electron chi connectivity index (χ3n) is 2.97. The Kier molecular flexibility index (Phi) is 4.66. The van der Waals surface area contributed by atoms with E-state index in [1.165, 1.54) is 7.11 Å². The van der Waals surface area contributed by atoms with Gasteiger partial charge in [0.1, 0.15) is 18.1 Å². The van der Waals surface area contributed by atoms with E-state index in [1.54, 1.807) is 12.1 Å². The molecule has 4 nitrogen and oxygen atoms in total. The van der Waals surface area contributed by atoms with Crippen LogP contribution in [0, 0.1) is 6.92 Å². The Bertz CT molecular complexity index is 584. The quantitative estimate of drug-likeness (QED) is 0.804. The van der Waals surface area contributed by atoms with Crippen molar-refractivity contribution >= 4 is 12.6 Å². The first-order valence-electron chi connectivity index (χ1n) is 6.32. The number of hydrogen-bond acceptors (Lipinski definition) is 4. The van der Waals surface area contributed by atoms with Gasteiger partial charge in [0.15, 0.2) is 0 Å². The Morgan fingerprint density at radius 1 is 1.10 bits per heavy atom. The fraction of sp³-hybridized carbons (Fsp3) is 0.200. The lowest BCUT2D eigenvalue weighted by atomic mass is 9.79. The van der Waals surface area contributed by atoms with Crippen LogP contribution in [0.15, 0.2) is 42.5 Å². The standard InChI is InChI=1S/C15H17BO4/c1-11-4-3-5-13(8-11)20-10-12-6-7-15(19-2)14(9-12)16(17)18/h3-9,17-18H,10H2,1-2H3. The minimum absolute atomic E-state index is 0.331. The number of hydrogen-bond donors (Lipinski definition) is 2. The molecule has 5 heteroatoms. The molecule has 0 saturated carbocycles. The second kappa shape index (κ2) is 6.46. The van der Waals surface area contributed by atoms with Crippen molar-refractivity contribution in [2.45, 2.75) is 13.5 Å². The zero-order chi connectivity index (χ0) is 14.5. The molecule has 0 radical (unpaired) electrons. The molecule has 0 fully saturated rings. The van der Waals surface area contributed by atoms with Gasteiger partial charge in [0, 0.05) is 5.46 Å². The third-order valence-corrected chi connectivity index (χ3v) is 2.97. The molecule has 0 aliphatic heterocycles. The molecule has 2 rings (SSSR count). The maximum Gasteiger partial charge on any atom is 0.492 e. The predicted octanol–water partition coefficient (Wildman–Crippen LogP) is 1.26. The molecule has 2 aromatic rings. The fourth-order valence-electron chi connectivity index (χ4n) is 1.95. The van der Waals surface area contributed by atoms with Gasteiger partial charge in [-0.1, -0.05) is 24.3 Å². The van der Waals surface area contributed by atoms with Crippen LogP contribution in [0.1, 0.15) is 11.1 Å². The fourth-order valence-corrected chi connectivity index (χ4v) is 1.95. The zero-order valence-corrected chi connectivity index (χ0v) is 11.5. The SMILES string of the molecule is COc1ccc(COc2cccc(C)c2)cc1B(O)O. The summed E-state index contributed by atoms with van der Waals surface area (Å²) >= 11 is 0. The second-order valence-electron chi connectivity index (χ2n) is 4.56. The normalized spacial score (nSPS) is 10.2. The Morgan fingerprint density at radius 2 is 1.90 bits per heavy atom. The summed E-state index contributed by atoms with van der Waals surface area (Å²) < 4.78 is 10.8. The lowest BCUT2D eigenvalue weighted by Gasteiger charge is -2.11. The van der Waals surface area contributed by atoms with Crippen molar-refractivity contribution in [3.05, 3.63) is 53.6 Å². The lowest BCUT2D eigenvalue weighted by Crippen LogP contribution is -2.31. The molecule has 0 atom stereocenters. The van der Waals surface area contributed by atoms with Crippen LogP contribution >= 0.6 is 0 Å². The first-order valence-corrected chi connectivity index (χ1v) is 6.32. The molecule has 0 spiro atoms. The first-order chi connectivity index (χ1) is 9.60. The number of rotatable bonds is 5. The average Bonchev–Trinajstić information content (AvgIpc) is 2.45. The molecule has 0 aliphatic rings. The molecule has 0 saturated heterocycles. The molecule has 0 bridgehead atoms. The molecule has 0 unspecified atom stereocenters. The van der Waals surface area contributed by atoms with Crippen LogP contribution in [0.25, 0.3) is 0 Å². The van der Waals surface area contributed by atoms with Crippen LogP contribution in [0.5, 0.6) is 11.5 Å². The summed E-state index contributed by atoms with van der Waals surface area (Å²) in [5, 5.41) is 18.6. The summed E-state index contributed by atoms with van der Waals surface area (Å²) in [7, 11) is -0.0757. The van der Waals surface area contributed by atoms with E-state index in [0.29, 0.717) is 17.8 Å². The van der Waals surface area contributed by atoms with E-state index in [1.807, 2.05) is 37.3 Å². The summed E-state index contributed by atoms with van der Waals surface area (Å²) in [5.74, 6) is 1.23. The number of methoxy groups -OCH3 is 1. The van der Waals surface area contributed by atoms with E-state index in [0.717, 1.165) is 16.9 Å². The average molecular weight is 272 g/mol. The van der Waals surface area contributed by atoms with Gasteiger partial charge < -0.3 is 19.5 Å². The molecule has 0 aromatic heterocycles. The van der Waals surface area contributed by atoms with Crippen molar-refractivity contribution in [2.75, 3.05) is 7.11 Å². The smallest absolute Gasteiger partial charge is 0.492 e. The maximum atomic E-state index is 9.32. The highest BCUT2D eigenvalue weighted by atomic mass is 16.5. The first kappa shape index (κ1) is 14.4. The van der Waals surface area contributed by atoms with E-state index in [4.69, 9.17) is 9.47 Å². The molecule has 2 N–H and O–H groups in total. The van der Waals surface area contributed by atoms with Gasteiger partial charge in [-0.2, -0.15) is 0 Å². The summed E-state index contributed by atoms with van der Waals surface area (Å²) in [4.78, 5) is 0. The summed E-state index contributed by atoms with van der Waals surface area (Å²) in [6.07, 6.45) is 0. The topological polar surface area (TPSA) is 58.9 Å². The van der Waals surface area contributed by atoms with Gasteiger partial charge in [-0.15, -0.1) is 0 Å². The lowest BCUT2D eigenvalue weighted by molar-refractivity contribution is 0.306. The maximum absolute atomic E-state index is 9.32. The van der Waals surface area contributed by atoms with Crippen LogP contribution in [0.4, 0.5) is 0 Å². The highest BCUT2D eigenvalue weighted by molar-refractivity contribution is 6.59. The van der Waals surface area contributed by atoms with Gasteiger partial charge in [-0.3, -0.25) is 0 Å². The predicted molar refractivity (Wildman–Crippen MR) is 78.3 cm³/mol. The van der Waals surface area contributed by atoms with Crippen molar-refractivity contribution in [1.29, 1.82) is 0 Å². The minimum Gasteiger partial charge on any atom is -0.497 e. The number of ether oxygens (including phenoxy) is 2. The van der Waals surface area contributed by atoms with E-state index < -0.39 is 7.12 Å². The highest BCUT2D eigenvalue weighted by Crippen LogP contribution is 2.16. The van der Waals surface area contributed by atoms with Crippen LogP contribution < -0.4 is 14.9 Å². The summed E-state index contributed by atoms with van der Waals surface area (Å²) in [6.45, 7) is 2.35. The number of benzene rings is 2. The molecular weight excluding hydrogens is 255 g/mol. The Balaban J connectivity index is 2.12. The molecule has 0 amide bonds. The molecule has 2 aromatic carbocycles. The molecule has 20 heavy (non-hydrogen) atoms. The third kappa shape index (κ3) is 3.53. The van der Waals surface area contributed by atoms with E-state index in [-0.39, 0.29) is 0 Å².